The SMILES string of the molecule is C[C@@H](C(=O)NC(C)(C)C)N(Cc1ccccc1F)C(=O)COc1ccc(C(C)(C)C)cc1Br. The lowest BCUT2D eigenvalue weighted by Gasteiger charge is -2.31. The summed E-state index contributed by atoms with van der Waals surface area (Å²) < 4.78 is 20.8. The van der Waals surface area contributed by atoms with Crippen LogP contribution in [0.4, 0.5) is 4.39 Å². The quantitative estimate of drug-likeness (QED) is 0.517. The van der Waals surface area contributed by atoms with Crippen molar-refractivity contribution in [2.24, 2.45) is 0 Å². The first-order valence-corrected chi connectivity index (χ1v) is 11.8. The second kappa shape index (κ2) is 10.7. The van der Waals surface area contributed by atoms with Gasteiger partial charge in [-0.1, -0.05) is 45.0 Å². The van der Waals surface area contributed by atoms with Crippen molar-refractivity contribution >= 4 is 27.7 Å². The van der Waals surface area contributed by atoms with Gasteiger partial charge in [0.2, 0.25) is 5.91 Å². The van der Waals surface area contributed by atoms with Crippen molar-refractivity contribution in [3.05, 3.63) is 63.9 Å². The lowest BCUT2D eigenvalue weighted by Crippen LogP contribution is -2.53. The number of carbonyl (C=O) groups excluding carboxylic acids is 2. The largest absolute Gasteiger partial charge is 0.483 e. The minimum Gasteiger partial charge on any atom is -0.483 e. The first-order valence-electron chi connectivity index (χ1n) is 11.0. The Balaban J connectivity index is 2.22. The van der Waals surface area contributed by atoms with Gasteiger partial charge in [-0.15, -0.1) is 0 Å². The summed E-state index contributed by atoms with van der Waals surface area (Å²) in [5.74, 6) is -0.640. The zero-order chi connectivity index (χ0) is 25.0. The number of hydrogen-bond acceptors (Lipinski definition) is 3. The Hall–Kier alpha value is -2.41. The fourth-order valence-corrected chi connectivity index (χ4v) is 3.67. The number of carbonyl (C=O) groups is 2. The van der Waals surface area contributed by atoms with E-state index in [0.29, 0.717) is 11.3 Å². The molecule has 2 rings (SSSR count). The van der Waals surface area contributed by atoms with Crippen molar-refractivity contribution in [3.63, 3.8) is 0 Å². The molecule has 33 heavy (non-hydrogen) atoms. The van der Waals surface area contributed by atoms with Crippen LogP contribution >= 0.6 is 15.9 Å². The zero-order valence-corrected chi connectivity index (χ0v) is 22.0. The molecule has 1 N–H and O–H groups in total. The van der Waals surface area contributed by atoms with Crippen LogP contribution in [0, 0.1) is 5.82 Å². The molecule has 1 atom stereocenters. The second-order valence-electron chi connectivity index (χ2n) is 10.2. The second-order valence-corrected chi connectivity index (χ2v) is 11.1. The molecule has 7 heteroatoms. The van der Waals surface area contributed by atoms with Gasteiger partial charge in [-0.25, -0.2) is 4.39 Å². The van der Waals surface area contributed by atoms with Gasteiger partial charge >= 0.3 is 0 Å². The van der Waals surface area contributed by atoms with Crippen LogP contribution in [0.1, 0.15) is 59.6 Å². The topological polar surface area (TPSA) is 58.6 Å². The Kier molecular flexibility index (Phi) is 8.69. The first kappa shape index (κ1) is 26.8. The number of hydrogen-bond donors (Lipinski definition) is 1. The molecule has 0 saturated heterocycles. The monoisotopic (exact) mass is 520 g/mol. The minimum absolute atomic E-state index is 0.0245. The van der Waals surface area contributed by atoms with Gasteiger partial charge in [-0.3, -0.25) is 9.59 Å². The van der Waals surface area contributed by atoms with Gasteiger partial charge in [0.15, 0.2) is 6.61 Å². The molecular formula is C26H34BrFN2O3. The number of benzene rings is 2. The minimum atomic E-state index is -0.813. The molecule has 0 spiro atoms. The highest BCUT2D eigenvalue weighted by Crippen LogP contribution is 2.31. The summed E-state index contributed by atoms with van der Waals surface area (Å²) in [6.45, 7) is 13.2. The maximum atomic E-state index is 14.3. The summed E-state index contributed by atoms with van der Waals surface area (Å²) in [6, 6.07) is 11.2. The third kappa shape index (κ3) is 7.84. The standard InChI is InChI=1S/C26H34BrFN2O3/c1-17(24(32)29-26(5,6)7)30(15-18-10-8-9-11-21(18)28)23(31)16-33-22-13-12-19(14-20(22)27)25(2,3)4/h8-14,17H,15-16H2,1-7H3,(H,29,32)/t17-/m0/s1. The van der Waals surface area contributed by atoms with E-state index >= 15 is 0 Å². The van der Waals surface area contributed by atoms with E-state index in [-0.39, 0.29) is 24.5 Å². The summed E-state index contributed by atoms with van der Waals surface area (Å²) >= 11 is 3.51. The van der Waals surface area contributed by atoms with Crippen molar-refractivity contribution in [2.45, 2.75) is 72.0 Å². The molecule has 0 unspecified atom stereocenters. The van der Waals surface area contributed by atoms with Crippen molar-refractivity contribution in [2.75, 3.05) is 6.61 Å². The normalized spacial score (nSPS) is 12.8. The van der Waals surface area contributed by atoms with Crippen LogP contribution in [0.3, 0.4) is 0 Å². The number of rotatable bonds is 7. The Morgan fingerprint density at radius 1 is 1.09 bits per heavy atom. The molecule has 2 aromatic carbocycles. The molecule has 0 aliphatic rings. The average molecular weight is 521 g/mol. The third-order valence-corrected chi connectivity index (χ3v) is 5.73. The molecule has 0 aliphatic heterocycles. The molecule has 0 fully saturated rings. The van der Waals surface area contributed by atoms with Gasteiger partial charge < -0.3 is 15.0 Å². The van der Waals surface area contributed by atoms with Crippen LogP contribution in [0.15, 0.2) is 46.9 Å². The van der Waals surface area contributed by atoms with Gasteiger partial charge in [0.25, 0.3) is 5.91 Å². The van der Waals surface area contributed by atoms with E-state index in [4.69, 9.17) is 4.74 Å². The van der Waals surface area contributed by atoms with E-state index in [1.165, 1.54) is 11.0 Å². The smallest absolute Gasteiger partial charge is 0.261 e. The predicted octanol–water partition coefficient (Wildman–Crippen LogP) is 5.60. The van der Waals surface area contributed by atoms with E-state index in [1.807, 2.05) is 39.0 Å². The molecule has 0 radical (unpaired) electrons. The first-order chi connectivity index (χ1) is 15.2. The number of nitrogens with one attached hydrogen (secondary N) is 1. The van der Waals surface area contributed by atoms with Crippen molar-refractivity contribution < 1.29 is 18.7 Å². The highest BCUT2D eigenvalue weighted by Gasteiger charge is 2.29. The highest BCUT2D eigenvalue weighted by atomic mass is 79.9. The van der Waals surface area contributed by atoms with Gasteiger partial charge in [0, 0.05) is 17.6 Å². The molecule has 180 valence electrons. The summed E-state index contributed by atoms with van der Waals surface area (Å²) in [5, 5.41) is 2.88. The molecule has 0 bridgehead atoms. The fourth-order valence-electron chi connectivity index (χ4n) is 3.17. The predicted molar refractivity (Wildman–Crippen MR) is 133 cm³/mol. The summed E-state index contributed by atoms with van der Waals surface area (Å²) in [6.07, 6.45) is 0. The molecule has 2 aromatic rings. The van der Waals surface area contributed by atoms with E-state index in [0.717, 1.165) is 10.0 Å². The fraction of sp³-hybridized carbons (Fsp3) is 0.462. The Labute approximate surface area is 204 Å². The van der Waals surface area contributed by atoms with Crippen LogP contribution in [0.2, 0.25) is 0 Å². The van der Waals surface area contributed by atoms with Gasteiger partial charge in [-0.2, -0.15) is 0 Å². The molecule has 0 aromatic heterocycles. The Bertz CT molecular complexity index is 996. The molecular weight excluding hydrogens is 487 g/mol. The van der Waals surface area contributed by atoms with Crippen LogP contribution in [-0.4, -0.2) is 34.9 Å². The number of nitrogens with zero attached hydrogens (tertiary/aromatic N) is 1. The molecule has 0 saturated carbocycles. The molecule has 0 heterocycles. The number of halogens is 2. The summed E-state index contributed by atoms with van der Waals surface area (Å²) in [5.41, 5.74) is 0.969. The van der Waals surface area contributed by atoms with Crippen molar-refractivity contribution in [3.8, 4) is 5.75 Å². The van der Waals surface area contributed by atoms with Crippen LogP contribution in [0.25, 0.3) is 0 Å². The Morgan fingerprint density at radius 2 is 1.73 bits per heavy atom. The van der Waals surface area contributed by atoms with Crippen LogP contribution in [0.5, 0.6) is 5.75 Å². The lowest BCUT2D eigenvalue weighted by molar-refractivity contribution is -0.142. The molecule has 5 nitrogen and oxygen atoms in total. The summed E-state index contributed by atoms with van der Waals surface area (Å²) in [7, 11) is 0. The van der Waals surface area contributed by atoms with E-state index in [9.17, 15) is 14.0 Å². The maximum Gasteiger partial charge on any atom is 0.261 e. The van der Waals surface area contributed by atoms with Crippen LogP contribution in [-0.2, 0) is 21.5 Å². The highest BCUT2D eigenvalue weighted by molar-refractivity contribution is 9.10. The van der Waals surface area contributed by atoms with E-state index in [2.05, 4.69) is 42.0 Å². The maximum absolute atomic E-state index is 14.3. The average Bonchev–Trinajstić information content (AvgIpc) is 2.69. The van der Waals surface area contributed by atoms with Crippen LogP contribution < -0.4 is 10.1 Å². The summed E-state index contributed by atoms with van der Waals surface area (Å²) in [4.78, 5) is 27.3. The molecule has 2 amide bonds. The van der Waals surface area contributed by atoms with Crippen molar-refractivity contribution in [1.82, 2.24) is 10.2 Å². The number of amides is 2. The van der Waals surface area contributed by atoms with Gasteiger partial charge in [0.1, 0.15) is 17.6 Å². The Morgan fingerprint density at radius 3 is 2.27 bits per heavy atom. The van der Waals surface area contributed by atoms with Crippen molar-refractivity contribution in [1.29, 1.82) is 0 Å². The van der Waals surface area contributed by atoms with Gasteiger partial charge in [0.05, 0.1) is 4.47 Å². The van der Waals surface area contributed by atoms with E-state index < -0.39 is 23.3 Å². The zero-order valence-electron chi connectivity index (χ0n) is 20.5. The molecule has 0 aliphatic carbocycles. The lowest BCUT2D eigenvalue weighted by atomic mass is 9.87. The third-order valence-electron chi connectivity index (χ3n) is 5.11. The number of ether oxygens (including phenoxy) is 1. The van der Waals surface area contributed by atoms with Gasteiger partial charge in [-0.05, 0) is 72.8 Å². The van der Waals surface area contributed by atoms with E-state index in [1.54, 1.807) is 25.1 Å².